The van der Waals surface area contributed by atoms with Gasteiger partial charge in [0.05, 0.1) is 12.0 Å². The highest BCUT2D eigenvalue weighted by Crippen LogP contribution is 2.16. The summed E-state index contributed by atoms with van der Waals surface area (Å²) in [4.78, 5) is 16.8. The van der Waals surface area contributed by atoms with Crippen LogP contribution in [0.3, 0.4) is 0 Å². The van der Waals surface area contributed by atoms with Gasteiger partial charge < -0.3 is 10.1 Å². The van der Waals surface area contributed by atoms with E-state index in [4.69, 9.17) is 4.74 Å². The van der Waals surface area contributed by atoms with Crippen molar-refractivity contribution in [2.45, 2.75) is 31.2 Å². The summed E-state index contributed by atoms with van der Waals surface area (Å²) in [6, 6.07) is 10.7. The molecule has 0 saturated heterocycles. The van der Waals surface area contributed by atoms with E-state index < -0.39 is 16.1 Å². The maximum Gasteiger partial charge on any atom is 0.241 e. The summed E-state index contributed by atoms with van der Waals surface area (Å²) in [7, 11) is -2.32. The van der Waals surface area contributed by atoms with E-state index in [9.17, 15) is 13.2 Å². The average molecular weight is 391 g/mol. The quantitative estimate of drug-likeness (QED) is 0.679. The predicted molar refractivity (Wildman–Crippen MR) is 103 cm³/mol. The van der Waals surface area contributed by atoms with Gasteiger partial charge in [0.2, 0.25) is 15.9 Å². The molecule has 0 aliphatic heterocycles. The lowest BCUT2D eigenvalue weighted by atomic mass is 10.1. The molecule has 0 aliphatic carbocycles. The second-order valence-electron chi connectivity index (χ2n) is 6.38. The standard InChI is InChI=1S/C19H25N3O4S/c1-14(2)18(19(23)21-13-11-15-6-4-5-12-20-15)22-27(24,25)17-9-7-16(26-3)8-10-17/h4-10,12,14,18,22H,11,13H2,1-3H3,(H,21,23)/t18-/m0/s1. The van der Waals surface area contributed by atoms with Crippen LogP contribution in [0.1, 0.15) is 19.5 Å². The molecule has 0 bridgehead atoms. The van der Waals surface area contributed by atoms with Crippen molar-refractivity contribution in [3.8, 4) is 5.75 Å². The summed E-state index contributed by atoms with van der Waals surface area (Å²) in [5.74, 6) is -0.0208. The number of amides is 1. The van der Waals surface area contributed by atoms with Crippen LogP contribution in [-0.4, -0.2) is 39.0 Å². The summed E-state index contributed by atoms with van der Waals surface area (Å²) in [5.41, 5.74) is 0.859. The fourth-order valence-corrected chi connectivity index (χ4v) is 3.80. The van der Waals surface area contributed by atoms with Gasteiger partial charge in [-0.05, 0) is 42.3 Å². The van der Waals surface area contributed by atoms with Crippen LogP contribution in [-0.2, 0) is 21.2 Å². The zero-order valence-corrected chi connectivity index (χ0v) is 16.5. The van der Waals surface area contributed by atoms with Gasteiger partial charge in [0.1, 0.15) is 11.8 Å². The van der Waals surface area contributed by atoms with Crippen molar-refractivity contribution in [2.24, 2.45) is 5.92 Å². The van der Waals surface area contributed by atoms with E-state index in [0.29, 0.717) is 18.7 Å². The summed E-state index contributed by atoms with van der Waals surface area (Å²) >= 11 is 0. The molecule has 27 heavy (non-hydrogen) atoms. The number of pyridine rings is 1. The molecule has 2 rings (SSSR count). The number of methoxy groups -OCH3 is 1. The van der Waals surface area contributed by atoms with Crippen molar-refractivity contribution >= 4 is 15.9 Å². The van der Waals surface area contributed by atoms with Crippen molar-refractivity contribution in [3.05, 3.63) is 54.4 Å². The normalized spacial score (nSPS) is 12.6. The first-order chi connectivity index (χ1) is 12.8. The number of nitrogens with one attached hydrogen (secondary N) is 2. The van der Waals surface area contributed by atoms with Gasteiger partial charge in [-0.2, -0.15) is 4.72 Å². The fourth-order valence-electron chi connectivity index (χ4n) is 2.45. The van der Waals surface area contributed by atoms with Crippen LogP contribution < -0.4 is 14.8 Å². The van der Waals surface area contributed by atoms with Crippen molar-refractivity contribution in [1.82, 2.24) is 15.0 Å². The van der Waals surface area contributed by atoms with E-state index in [1.165, 1.54) is 19.2 Å². The molecule has 0 saturated carbocycles. The van der Waals surface area contributed by atoms with Crippen molar-refractivity contribution < 1.29 is 17.9 Å². The third-order valence-corrected chi connectivity index (χ3v) is 5.46. The highest BCUT2D eigenvalue weighted by atomic mass is 32.2. The Morgan fingerprint density at radius 2 is 1.85 bits per heavy atom. The zero-order chi connectivity index (χ0) is 19.9. The zero-order valence-electron chi connectivity index (χ0n) is 15.7. The van der Waals surface area contributed by atoms with Gasteiger partial charge in [0.15, 0.2) is 0 Å². The summed E-state index contributed by atoms with van der Waals surface area (Å²) in [6.45, 7) is 3.96. The molecule has 1 atom stereocenters. The number of hydrogen-bond acceptors (Lipinski definition) is 5. The number of benzene rings is 1. The first-order valence-corrected chi connectivity index (χ1v) is 10.2. The van der Waals surface area contributed by atoms with Gasteiger partial charge in [-0.3, -0.25) is 9.78 Å². The van der Waals surface area contributed by atoms with E-state index in [1.54, 1.807) is 32.2 Å². The number of nitrogens with zero attached hydrogens (tertiary/aromatic N) is 1. The van der Waals surface area contributed by atoms with Crippen LogP contribution in [0.4, 0.5) is 0 Å². The molecule has 7 nitrogen and oxygen atoms in total. The summed E-state index contributed by atoms with van der Waals surface area (Å²) in [6.07, 6.45) is 2.26. The molecule has 146 valence electrons. The molecular weight excluding hydrogens is 366 g/mol. The maximum atomic E-state index is 12.6. The third-order valence-electron chi connectivity index (χ3n) is 4.01. The Balaban J connectivity index is 2.01. The number of rotatable bonds is 9. The molecule has 0 aliphatic rings. The molecule has 0 fully saturated rings. The van der Waals surface area contributed by atoms with Crippen LogP contribution in [0, 0.1) is 5.92 Å². The molecule has 2 aromatic rings. The number of sulfonamides is 1. The number of carbonyl (C=O) groups is 1. The van der Waals surface area contributed by atoms with Crippen molar-refractivity contribution in [2.75, 3.05) is 13.7 Å². The van der Waals surface area contributed by atoms with Crippen molar-refractivity contribution in [1.29, 1.82) is 0 Å². The Labute approximate surface area is 160 Å². The summed E-state index contributed by atoms with van der Waals surface area (Å²) < 4.78 is 32.7. The first kappa shape index (κ1) is 20.9. The minimum Gasteiger partial charge on any atom is -0.497 e. The van der Waals surface area contributed by atoms with E-state index in [0.717, 1.165) is 5.69 Å². The minimum atomic E-state index is -3.83. The molecule has 0 spiro atoms. The largest absolute Gasteiger partial charge is 0.497 e. The lowest BCUT2D eigenvalue weighted by Crippen LogP contribution is -2.49. The van der Waals surface area contributed by atoms with Gasteiger partial charge in [-0.15, -0.1) is 0 Å². The Kier molecular flexibility index (Phi) is 7.32. The SMILES string of the molecule is COc1ccc(S(=O)(=O)N[C@H](C(=O)NCCc2ccccn2)C(C)C)cc1. The van der Waals surface area contributed by atoms with Crippen LogP contribution in [0.5, 0.6) is 5.75 Å². The second-order valence-corrected chi connectivity index (χ2v) is 8.09. The highest BCUT2D eigenvalue weighted by Gasteiger charge is 2.28. The fraction of sp³-hybridized carbons (Fsp3) is 0.368. The molecule has 2 N–H and O–H groups in total. The second kappa shape index (κ2) is 9.48. The maximum absolute atomic E-state index is 12.6. The Hall–Kier alpha value is -2.45. The minimum absolute atomic E-state index is 0.0789. The number of ether oxygens (including phenoxy) is 1. The lowest BCUT2D eigenvalue weighted by molar-refractivity contribution is -0.123. The van der Waals surface area contributed by atoms with Crippen molar-refractivity contribution in [3.63, 3.8) is 0 Å². The first-order valence-electron chi connectivity index (χ1n) is 8.67. The number of carbonyl (C=O) groups excluding carboxylic acids is 1. The van der Waals surface area contributed by atoms with Gasteiger partial charge >= 0.3 is 0 Å². The molecule has 1 amide bonds. The third kappa shape index (κ3) is 6.04. The van der Waals surface area contributed by atoms with E-state index in [1.807, 2.05) is 18.2 Å². The molecule has 1 heterocycles. The van der Waals surface area contributed by atoms with Crippen LogP contribution >= 0.6 is 0 Å². The lowest BCUT2D eigenvalue weighted by Gasteiger charge is -2.21. The molecule has 8 heteroatoms. The number of aromatic nitrogens is 1. The Morgan fingerprint density at radius 3 is 2.41 bits per heavy atom. The van der Waals surface area contributed by atoms with Gasteiger partial charge in [0, 0.05) is 24.9 Å². The molecular formula is C19H25N3O4S. The predicted octanol–water partition coefficient (Wildman–Crippen LogP) is 1.75. The van der Waals surface area contributed by atoms with Gasteiger partial charge in [0.25, 0.3) is 0 Å². The van der Waals surface area contributed by atoms with E-state index >= 15 is 0 Å². The Bertz CT molecular complexity index is 837. The smallest absolute Gasteiger partial charge is 0.241 e. The number of hydrogen-bond donors (Lipinski definition) is 2. The molecule has 0 unspecified atom stereocenters. The van der Waals surface area contributed by atoms with E-state index in [2.05, 4.69) is 15.0 Å². The van der Waals surface area contributed by atoms with Gasteiger partial charge in [-0.25, -0.2) is 8.42 Å². The van der Waals surface area contributed by atoms with Crippen LogP contribution in [0.2, 0.25) is 0 Å². The molecule has 0 radical (unpaired) electrons. The summed E-state index contributed by atoms with van der Waals surface area (Å²) in [5, 5.41) is 2.78. The molecule has 1 aromatic carbocycles. The Morgan fingerprint density at radius 1 is 1.15 bits per heavy atom. The average Bonchev–Trinajstić information content (AvgIpc) is 2.66. The van der Waals surface area contributed by atoms with E-state index in [-0.39, 0.29) is 16.7 Å². The monoisotopic (exact) mass is 391 g/mol. The van der Waals surface area contributed by atoms with Crippen LogP contribution in [0.25, 0.3) is 0 Å². The topological polar surface area (TPSA) is 97.4 Å². The van der Waals surface area contributed by atoms with Gasteiger partial charge in [-0.1, -0.05) is 19.9 Å². The highest BCUT2D eigenvalue weighted by molar-refractivity contribution is 7.89. The molecule has 1 aromatic heterocycles. The van der Waals surface area contributed by atoms with Crippen LogP contribution in [0.15, 0.2) is 53.6 Å².